The van der Waals surface area contributed by atoms with Crippen LogP contribution in [0.15, 0.2) is 72.1 Å². The summed E-state index contributed by atoms with van der Waals surface area (Å²) >= 11 is 1.62. The summed E-state index contributed by atoms with van der Waals surface area (Å²) in [6.07, 6.45) is 4.76. The maximum atomic E-state index is 13.3. The number of thioether (sulfide) groups is 1. The van der Waals surface area contributed by atoms with E-state index in [2.05, 4.69) is 23.4 Å². The number of aromatic nitrogens is 3. The van der Waals surface area contributed by atoms with Gasteiger partial charge >= 0.3 is 0 Å². The first-order chi connectivity index (χ1) is 17.0. The number of halogens is 1. The van der Waals surface area contributed by atoms with Gasteiger partial charge in [0.15, 0.2) is 5.16 Å². The number of benzene rings is 2. The van der Waals surface area contributed by atoms with Crippen molar-refractivity contribution in [3.63, 3.8) is 0 Å². The molecular formula is C28H29FN4OS. The average molecular weight is 489 g/mol. The molecule has 2 aromatic carbocycles. The van der Waals surface area contributed by atoms with E-state index in [1.54, 1.807) is 30.1 Å². The van der Waals surface area contributed by atoms with Crippen molar-refractivity contribution in [1.29, 1.82) is 0 Å². The van der Waals surface area contributed by atoms with E-state index in [4.69, 9.17) is 4.98 Å². The number of carbonyl (C=O) groups is 1. The van der Waals surface area contributed by atoms with Crippen LogP contribution in [0.1, 0.15) is 41.8 Å². The van der Waals surface area contributed by atoms with E-state index in [1.165, 1.54) is 18.6 Å². The second-order valence-corrected chi connectivity index (χ2v) is 10.6. The maximum absolute atomic E-state index is 13.3. The van der Waals surface area contributed by atoms with E-state index < -0.39 is 0 Å². The molecule has 2 atom stereocenters. The Kier molecular flexibility index (Phi) is 6.86. The van der Waals surface area contributed by atoms with Gasteiger partial charge in [0.2, 0.25) is 0 Å². The van der Waals surface area contributed by atoms with Gasteiger partial charge in [-0.25, -0.2) is 9.37 Å². The Morgan fingerprint density at radius 2 is 1.69 bits per heavy atom. The Morgan fingerprint density at radius 3 is 2.40 bits per heavy atom. The van der Waals surface area contributed by atoms with Crippen LogP contribution in [0, 0.1) is 17.7 Å². The monoisotopic (exact) mass is 488 g/mol. The largest absolute Gasteiger partial charge is 0.338 e. The summed E-state index contributed by atoms with van der Waals surface area (Å²) in [5, 5.41) is 0.883. The van der Waals surface area contributed by atoms with Gasteiger partial charge in [-0.2, -0.15) is 0 Å². The molecule has 0 unspecified atom stereocenters. The van der Waals surface area contributed by atoms with E-state index in [9.17, 15) is 9.18 Å². The second-order valence-electron chi connectivity index (χ2n) is 9.61. The van der Waals surface area contributed by atoms with Crippen LogP contribution in [-0.2, 0) is 12.3 Å². The first-order valence-electron chi connectivity index (χ1n) is 12.0. The number of nitrogens with zero attached hydrogens (tertiary/aromatic N) is 4. The highest BCUT2D eigenvalue weighted by Gasteiger charge is 2.26. The minimum absolute atomic E-state index is 0.114. The van der Waals surface area contributed by atoms with E-state index in [-0.39, 0.29) is 11.7 Å². The molecule has 5 nitrogen and oxygen atoms in total. The fourth-order valence-corrected chi connectivity index (χ4v) is 5.86. The van der Waals surface area contributed by atoms with Crippen molar-refractivity contribution in [3.05, 3.63) is 89.5 Å². The van der Waals surface area contributed by atoms with Crippen LogP contribution in [0.2, 0.25) is 0 Å². The third-order valence-corrected chi connectivity index (χ3v) is 7.54. The molecule has 180 valence electrons. The van der Waals surface area contributed by atoms with Gasteiger partial charge in [0.1, 0.15) is 5.82 Å². The summed E-state index contributed by atoms with van der Waals surface area (Å²) in [5.74, 6) is 1.65. The average Bonchev–Trinajstić information content (AvgIpc) is 3.20. The standard InChI is InChI=1S/C28H29FN4OS/c1-19-13-20(2)16-32(15-19)27(34)23-7-3-21(4-8-23)17-33-26-14-30-12-11-25(26)31-28(33)35-18-22-5-9-24(29)10-6-22/h3-12,14,19-20H,13,15-18H2,1-2H3/t19-,20+. The summed E-state index contributed by atoms with van der Waals surface area (Å²) in [6.45, 7) is 6.71. The molecule has 0 aliphatic carbocycles. The highest BCUT2D eigenvalue weighted by atomic mass is 32.2. The first kappa shape index (κ1) is 23.5. The molecule has 7 heteroatoms. The van der Waals surface area contributed by atoms with E-state index in [1.807, 2.05) is 41.4 Å². The molecule has 0 bridgehead atoms. The summed E-state index contributed by atoms with van der Waals surface area (Å²) in [5.41, 5.74) is 4.72. The molecule has 1 amide bonds. The molecule has 0 radical (unpaired) electrons. The van der Waals surface area contributed by atoms with Crippen LogP contribution in [0.25, 0.3) is 11.0 Å². The number of pyridine rings is 1. The Morgan fingerprint density at radius 1 is 1.00 bits per heavy atom. The molecule has 5 rings (SSSR count). The fraction of sp³-hybridized carbons (Fsp3) is 0.321. The lowest BCUT2D eigenvalue weighted by Gasteiger charge is -2.35. The first-order valence-corrected chi connectivity index (χ1v) is 13.0. The molecule has 1 fully saturated rings. The number of piperidine rings is 1. The third kappa shape index (κ3) is 5.40. The lowest BCUT2D eigenvalue weighted by molar-refractivity contribution is 0.0623. The third-order valence-electron chi connectivity index (χ3n) is 6.49. The Bertz CT molecular complexity index is 1310. The SMILES string of the molecule is C[C@@H]1C[C@H](C)CN(C(=O)c2ccc(Cn3c(SCc4ccc(F)cc4)nc4ccncc43)cc2)C1. The van der Waals surface area contributed by atoms with Crippen LogP contribution in [-0.4, -0.2) is 38.4 Å². The lowest BCUT2D eigenvalue weighted by atomic mass is 9.91. The van der Waals surface area contributed by atoms with Gasteiger partial charge in [-0.1, -0.05) is 49.9 Å². The summed E-state index contributed by atoms with van der Waals surface area (Å²) in [4.78, 5) is 24.2. The molecule has 1 aliphatic rings. The van der Waals surface area contributed by atoms with E-state index in [0.29, 0.717) is 24.1 Å². The molecular weight excluding hydrogens is 459 g/mol. The smallest absolute Gasteiger partial charge is 0.253 e. The van der Waals surface area contributed by atoms with Crippen LogP contribution in [0.3, 0.4) is 0 Å². The molecule has 35 heavy (non-hydrogen) atoms. The van der Waals surface area contributed by atoms with Crippen molar-refractivity contribution >= 4 is 28.7 Å². The fourth-order valence-electron chi connectivity index (χ4n) is 4.89. The quantitative estimate of drug-likeness (QED) is 0.311. The van der Waals surface area contributed by atoms with Crippen LogP contribution in [0.4, 0.5) is 4.39 Å². The molecule has 1 saturated heterocycles. The van der Waals surface area contributed by atoms with Gasteiger partial charge in [0.05, 0.1) is 23.8 Å². The van der Waals surface area contributed by atoms with Gasteiger partial charge in [0.25, 0.3) is 5.91 Å². The van der Waals surface area contributed by atoms with Crippen molar-refractivity contribution < 1.29 is 9.18 Å². The normalized spacial score (nSPS) is 18.2. The highest BCUT2D eigenvalue weighted by Crippen LogP contribution is 2.28. The topological polar surface area (TPSA) is 51.0 Å². The van der Waals surface area contributed by atoms with Crippen molar-refractivity contribution in [2.24, 2.45) is 11.8 Å². The molecule has 0 spiro atoms. The predicted octanol–water partition coefficient (Wildman–Crippen LogP) is 6.03. The van der Waals surface area contributed by atoms with Gasteiger partial charge < -0.3 is 9.47 Å². The summed E-state index contributed by atoms with van der Waals surface area (Å²) in [7, 11) is 0. The summed E-state index contributed by atoms with van der Waals surface area (Å²) in [6, 6.07) is 16.4. The highest BCUT2D eigenvalue weighted by molar-refractivity contribution is 7.98. The van der Waals surface area contributed by atoms with E-state index >= 15 is 0 Å². The molecule has 0 saturated carbocycles. The number of amides is 1. The molecule has 2 aromatic heterocycles. The molecule has 0 N–H and O–H groups in total. The van der Waals surface area contributed by atoms with Gasteiger partial charge in [-0.05, 0) is 59.7 Å². The Hall–Kier alpha value is -3.19. The molecule has 1 aliphatic heterocycles. The molecule has 4 aromatic rings. The van der Waals surface area contributed by atoms with Crippen molar-refractivity contribution in [3.8, 4) is 0 Å². The number of hydrogen-bond donors (Lipinski definition) is 0. The second kappa shape index (κ2) is 10.2. The minimum atomic E-state index is -0.233. The Labute approximate surface area is 209 Å². The number of rotatable bonds is 6. The summed E-state index contributed by atoms with van der Waals surface area (Å²) < 4.78 is 15.4. The zero-order valence-electron chi connectivity index (χ0n) is 20.0. The van der Waals surface area contributed by atoms with Crippen molar-refractivity contribution in [1.82, 2.24) is 19.4 Å². The minimum Gasteiger partial charge on any atom is -0.338 e. The van der Waals surface area contributed by atoms with Crippen molar-refractivity contribution in [2.45, 2.75) is 37.7 Å². The zero-order chi connectivity index (χ0) is 24.4. The van der Waals surface area contributed by atoms with Gasteiger partial charge in [-0.3, -0.25) is 9.78 Å². The Balaban J connectivity index is 1.34. The zero-order valence-corrected chi connectivity index (χ0v) is 20.8. The lowest BCUT2D eigenvalue weighted by Crippen LogP contribution is -2.42. The van der Waals surface area contributed by atoms with Crippen LogP contribution < -0.4 is 0 Å². The van der Waals surface area contributed by atoms with Gasteiger partial charge in [-0.15, -0.1) is 0 Å². The number of carbonyl (C=O) groups excluding carboxylic acids is 1. The number of likely N-dealkylation sites (tertiary alicyclic amines) is 1. The van der Waals surface area contributed by atoms with Crippen LogP contribution >= 0.6 is 11.8 Å². The van der Waals surface area contributed by atoms with Gasteiger partial charge in [0, 0.05) is 30.6 Å². The number of hydrogen-bond acceptors (Lipinski definition) is 4. The van der Waals surface area contributed by atoms with E-state index in [0.717, 1.165) is 46.0 Å². The maximum Gasteiger partial charge on any atom is 0.253 e. The number of fused-ring (bicyclic) bond motifs is 1. The van der Waals surface area contributed by atoms with Crippen LogP contribution in [0.5, 0.6) is 0 Å². The molecule has 3 heterocycles. The number of imidazole rings is 1. The van der Waals surface area contributed by atoms with Crippen molar-refractivity contribution in [2.75, 3.05) is 13.1 Å². The predicted molar refractivity (Wildman–Crippen MR) is 138 cm³/mol.